The van der Waals surface area contributed by atoms with Crippen LogP contribution in [0, 0.1) is 0 Å². The number of benzene rings is 1. The van der Waals surface area contributed by atoms with Gasteiger partial charge < -0.3 is 9.32 Å². The summed E-state index contributed by atoms with van der Waals surface area (Å²) in [6.45, 7) is 1.42. The largest absolute Gasteiger partial charge is 0.440 e. The van der Waals surface area contributed by atoms with Crippen LogP contribution in [0.1, 0.15) is 52.8 Å². The highest BCUT2D eigenvalue weighted by Gasteiger charge is 2.32. The van der Waals surface area contributed by atoms with Gasteiger partial charge in [0.05, 0.1) is 5.92 Å². The SMILES string of the molecule is O=C(c1n[nH]c2c1CCC2)N1CCC[C@@H](c2nc3ccccc3o2)C1. The Bertz CT molecular complexity index is 909. The molecular weight excluding hydrogens is 316 g/mol. The van der Waals surface area contributed by atoms with Crippen LogP contribution in [-0.4, -0.2) is 39.1 Å². The van der Waals surface area contributed by atoms with Gasteiger partial charge in [-0.2, -0.15) is 5.10 Å². The number of carbonyl (C=O) groups is 1. The Labute approximate surface area is 145 Å². The van der Waals surface area contributed by atoms with Gasteiger partial charge in [-0.05, 0) is 44.2 Å². The molecule has 6 nitrogen and oxygen atoms in total. The van der Waals surface area contributed by atoms with E-state index in [2.05, 4.69) is 15.2 Å². The van der Waals surface area contributed by atoms with Gasteiger partial charge in [-0.15, -0.1) is 0 Å². The quantitative estimate of drug-likeness (QED) is 0.780. The van der Waals surface area contributed by atoms with Crippen LogP contribution in [0.2, 0.25) is 0 Å². The second kappa shape index (κ2) is 5.72. The van der Waals surface area contributed by atoms with Crippen LogP contribution >= 0.6 is 0 Å². The van der Waals surface area contributed by atoms with Gasteiger partial charge in [0.25, 0.3) is 5.91 Å². The Balaban J connectivity index is 1.39. The minimum Gasteiger partial charge on any atom is -0.440 e. The van der Waals surface area contributed by atoms with E-state index in [1.807, 2.05) is 29.2 Å². The molecule has 3 aromatic rings. The first-order valence-electron chi connectivity index (χ1n) is 9.00. The molecule has 3 heterocycles. The lowest BCUT2D eigenvalue weighted by molar-refractivity contribution is 0.0692. The van der Waals surface area contributed by atoms with Crippen molar-refractivity contribution >= 4 is 17.0 Å². The van der Waals surface area contributed by atoms with Crippen LogP contribution in [0.3, 0.4) is 0 Å². The zero-order valence-electron chi connectivity index (χ0n) is 14.0. The van der Waals surface area contributed by atoms with Gasteiger partial charge in [-0.1, -0.05) is 12.1 Å². The number of H-pyrrole nitrogens is 1. The zero-order valence-corrected chi connectivity index (χ0v) is 14.0. The second-order valence-electron chi connectivity index (χ2n) is 6.99. The molecule has 6 heteroatoms. The second-order valence-corrected chi connectivity index (χ2v) is 6.99. The van der Waals surface area contributed by atoms with Crippen molar-refractivity contribution in [2.24, 2.45) is 0 Å². The summed E-state index contributed by atoms with van der Waals surface area (Å²) in [6.07, 6.45) is 5.02. The molecule has 5 rings (SSSR count). The average molecular weight is 336 g/mol. The summed E-state index contributed by atoms with van der Waals surface area (Å²) in [5, 5.41) is 7.33. The molecule has 2 aromatic heterocycles. The van der Waals surface area contributed by atoms with E-state index in [1.165, 1.54) is 0 Å². The van der Waals surface area contributed by atoms with Crippen LogP contribution in [0.25, 0.3) is 11.1 Å². The third kappa shape index (κ3) is 2.44. The standard InChI is InChI=1S/C19H20N4O2/c24-19(17-13-6-3-8-14(13)21-22-17)23-10-4-5-12(11-23)18-20-15-7-1-2-9-16(15)25-18/h1-2,7,9,12H,3-6,8,10-11H2,(H,21,22)/t12-/m1/s1. The predicted molar refractivity (Wildman–Crippen MR) is 92.5 cm³/mol. The fourth-order valence-electron chi connectivity index (χ4n) is 4.07. The fourth-order valence-corrected chi connectivity index (χ4v) is 4.07. The first-order chi connectivity index (χ1) is 12.3. The van der Waals surface area contributed by atoms with E-state index in [4.69, 9.17) is 4.42 Å². The molecule has 1 aromatic carbocycles. The number of hydrogen-bond acceptors (Lipinski definition) is 4. The van der Waals surface area contributed by atoms with Crippen molar-refractivity contribution in [3.05, 3.63) is 47.1 Å². The van der Waals surface area contributed by atoms with Crippen LogP contribution in [-0.2, 0) is 12.8 Å². The molecule has 0 saturated carbocycles. The number of amides is 1. The van der Waals surface area contributed by atoms with Gasteiger partial charge in [0.15, 0.2) is 17.2 Å². The molecule has 1 aliphatic carbocycles. The van der Waals surface area contributed by atoms with Gasteiger partial charge in [0, 0.05) is 24.3 Å². The third-order valence-electron chi connectivity index (χ3n) is 5.38. The van der Waals surface area contributed by atoms with Crippen molar-refractivity contribution in [3.8, 4) is 0 Å². The lowest BCUT2D eigenvalue weighted by Gasteiger charge is -2.31. The molecule has 1 N–H and O–H groups in total. The van der Waals surface area contributed by atoms with Crippen molar-refractivity contribution in [1.29, 1.82) is 0 Å². The van der Waals surface area contributed by atoms with E-state index in [0.29, 0.717) is 12.2 Å². The summed E-state index contributed by atoms with van der Waals surface area (Å²) >= 11 is 0. The van der Waals surface area contributed by atoms with Gasteiger partial charge in [0.2, 0.25) is 0 Å². The topological polar surface area (TPSA) is 75.0 Å². The van der Waals surface area contributed by atoms with Crippen LogP contribution in [0.4, 0.5) is 0 Å². The Kier molecular flexibility index (Phi) is 3.36. The number of carbonyl (C=O) groups excluding carboxylic acids is 1. The van der Waals surface area contributed by atoms with Crippen molar-refractivity contribution in [2.45, 2.75) is 38.0 Å². The monoisotopic (exact) mass is 336 g/mol. The minimum atomic E-state index is 0.0419. The van der Waals surface area contributed by atoms with Gasteiger partial charge >= 0.3 is 0 Å². The molecule has 1 saturated heterocycles. The highest BCUT2D eigenvalue weighted by atomic mass is 16.3. The summed E-state index contributed by atoms with van der Waals surface area (Å²) < 4.78 is 5.93. The van der Waals surface area contributed by atoms with E-state index < -0.39 is 0 Å². The van der Waals surface area contributed by atoms with Crippen molar-refractivity contribution in [3.63, 3.8) is 0 Å². The highest BCUT2D eigenvalue weighted by Crippen LogP contribution is 2.30. The van der Waals surface area contributed by atoms with E-state index in [9.17, 15) is 4.79 Å². The molecular formula is C19H20N4O2. The molecule has 1 fully saturated rings. The van der Waals surface area contributed by atoms with Crippen LogP contribution in [0.5, 0.6) is 0 Å². The maximum Gasteiger partial charge on any atom is 0.274 e. The zero-order chi connectivity index (χ0) is 16.8. The maximum absolute atomic E-state index is 13.0. The Morgan fingerprint density at radius 3 is 3.08 bits per heavy atom. The van der Waals surface area contributed by atoms with E-state index >= 15 is 0 Å². The summed E-state index contributed by atoms with van der Waals surface area (Å²) in [7, 11) is 0. The summed E-state index contributed by atoms with van der Waals surface area (Å²) in [6, 6.07) is 7.81. The number of piperidine rings is 1. The highest BCUT2D eigenvalue weighted by molar-refractivity contribution is 5.94. The third-order valence-corrected chi connectivity index (χ3v) is 5.38. The molecule has 1 amide bonds. The van der Waals surface area contributed by atoms with E-state index in [0.717, 1.165) is 66.9 Å². The van der Waals surface area contributed by atoms with Gasteiger partial charge in [-0.3, -0.25) is 9.89 Å². The normalized spacial score (nSPS) is 20.2. The first-order valence-corrected chi connectivity index (χ1v) is 9.00. The van der Waals surface area contributed by atoms with E-state index in [1.54, 1.807) is 0 Å². The Morgan fingerprint density at radius 1 is 1.24 bits per heavy atom. The number of aryl methyl sites for hydroxylation is 1. The Hall–Kier alpha value is -2.63. The number of nitrogens with zero attached hydrogens (tertiary/aromatic N) is 3. The molecule has 1 aliphatic heterocycles. The maximum atomic E-state index is 13.0. The molecule has 25 heavy (non-hydrogen) atoms. The number of aromatic amines is 1. The number of rotatable bonds is 2. The lowest BCUT2D eigenvalue weighted by Crippen LogP contribution is -2.39. The summed E-state index contributed by atoms with van der Waals surface area (Å²) in [5.74, 6) is 0.934. The van der Waals surface area contributed by atoms with Crippen molar-refractivity contribution in [1.82, 2.24) is 20.1 Å². The molecule has 0 spiro atoms. The number of nitrogens with one attached hydrogen (secondary N) is 1. The molecule has 2 aliphatic rings. The first kappa shape index (κ1) is 14.7. The average Bonchev–Trinajstić information content (AvgIpc) is 3.36. The van der Waals surface area contributed by atoms with Crippen LogP contribution < -0.4 is 0 Å². The number of hydrogen-bond donors (Lipinski definition) is 1. The molecule has 0 radical (unpaired) electrons. The van der Waals surface area contributed by atoms with Gasteiger partial charge in [0.1, 0.15) is 5.52 Å². The Morgan fingerprint density at radius 2 is 2.16 bits per heavy atom. The number of oxazole rings is 1. The predicted octanol–water partition coefficient (Wildman–Crippen LogP) is 3.06. The minimum absolute atomic E-state index is 0.0419. The lowest BCUT2D eigenvalue weighted by atomic mass is 9.97. The number of fused-ring (bicyclic) bond motifs is 2. The molecule has 0 bridgehead atoms. The van der Waals surface area contributed by atoms with Crippen molar-refractivity contribution in [2.75, 3.05) is 13.1 Å². The summed E-state index contributed by atoms with van der Waals surface area (Å²) in [4.78, 5) is 19.5. The van der Waals surface area contributed by atoms with Crippen LogP contribution in [0.15, 0.2) is 28.7 Å². The molecule has 1 atom stereocenters. The number of likely N-dealkylation sites (tertiary alicyclic amines) is 1. The fraction of sp³-hybridized carbons (Fsp3) is 0.421. The van der Waals surface area contributed by atoms with Gasteiger partial charge in [-0.25, -0.2) is 4.98 Å². The molecule has 128 valence electrons. The summed E-state index contributed by atoms with van der Waals surface area (Å²) in [5.41, 5.74) is 4.56. The van der Waals surface area contributed by atoms with E-state index in [-0.39, 0.29) is 11.8 Å². The molecule has 0 unspecified atom stereocenters. The number of para-hydroxylation sites is 2. The number of aromatic nitrogens is 3. The smallest absolute Gasteiger partial charge is 0.274 e. The van der Waals surface area contributed by atoms with Crippen molar-refractivity contribution < 1.29 is 9.21 Å².